The summed E-state index contributed by atoms with van der Waals surface area (Å²) in [6.07, 6.45) is -0.672. The van der Waals surface area contributed by atoms with Crippen molar-refractivity contribution in [2.24, 2.45) is 0 Å². The molecule has 1 rings (SSSR count). The molecule has 1 fully saturated rings. The summed E-state index contributed by atoms with van der Waals surface area (Å²) < 4.78 is 0. The normalized spacial score (nSPS) is 55.5. The van der Waals surface area contributed by atoms with Crippen molar-refractivity contribution in [2.75, 3.05) is 0 Å². The van der Waals surface area contributed by atoms with Crippen molar-refractivity contribution in [3.63, 3.8) is 0 Å². The third kappa shape index (κ3) is 2.91. The molecule has 0 bridgehead atoms. The molecule has 0 unspecified atom stereocenters. The van der Waals surface area contributed by atoms with Gasteiger partial charge in [0.25, 0.3) is 0 Å². The van der Waals surface area contributed by atoms with Gasteiger partial charge in [-0.2, -0.15) is 0 Å². The highest BCUT2D eigenvalue weighted by atomic mass is 35.5. The topological polar surface area (TPSA) is 60.7 Å². The van der Waals surface area contributed by atoms with Gasteiger partial charge in [-0.3, -0.25) is 0 Å². The predicted molar refractivity (Wildman–Crippen MR) is 46.3 cm³/mol. The highest BCUT2D eigenvalue weighted by Crippen LogP contribution is 2.46. The van der Waals surface area contributed by atoms with E-state index < -0.39 is 15.2 Å². The van der Waals surface area contributed by atoms with Gasteiger partial charge in [0.1, 0.15) is 15.2 Å². The minimum absolute atomic E-state index is 0.224. The van der Waals surface area contributed by atoms with Crippen molar-refractivity contribution in [2.45, 2.75) is 34.4 Å². The largest absolute Gasteiger partial charge is 0.375 e. The van der Waals surface area contributed by atoms with Crippen LogP contribution in [0.5, 0.6) is 0 Å². The summed E-state index contributed by atoms with van der Waals surface area (Å²) in [4.78, 5) is 0. The molecule has 0 heterocycles. The highest BCUT2D eigenvalue weighted by Gasteiger charge is 2.51. The van der Waals surface area contributed by atoms with E-state index in [1.165, 1.54) is 0 Å². The second-order valence-electron chi connectivity index (χ2n) is 3.28. The SMILES string of the molecule is OC1(Cl)CC(O)(Cl)CC(O)(Cl)C1. The molecule has 3 N–H and O–H groups in total. The first-order chi connectivity index (χ1) is 5.12. The monoisotopic (exact) mass is 234 g/mol. The molecular weight excluding hydrogens is 226 g/mol. The summed E-state index contributed by atoms with van der Waals surface area (Å²) in [6, 6.07) is 0. The van der Waals surface area contributed by atoms with Gasteiger partial charge in [0.2, 0.25) is 0 Å². The summed E-state index contributed by atoms with van der Waals surface area (Å²) in [6.45, 7) is 0. The van der Waals surface area contributed by atoms with Crippen molar-refractivity contribution >= 4 is 34.8 Å². The van der Waals surface area contributed by atoms with Gasteiger partial charge in [-0.1, -0.05) is 34.8 Å². The smallest absolute Gasteiger partial charge is 0.146 e. The molecule has 1 aliphatic rings. The summed E-state index contributed by atoms with van der Waals surface area (Å²) in [5.74, 6) is 0. The van der Waals surface area contributed by atoms with Gasteiger partial charge in [-0.05, 0) is 0 Å². The summed E-state index contributed by atoms with van der Waals surface area (Å²) in [5.41, 5.74) is 0. The van der Waals surface area contributed by atoms with Crippen LogP contribution < -0.4 is 0 Å². The Balaban J connectivity index is 2.81. The second kappa shape index (κ2) is 2.87. The van der Waals surface area contributed by atoms with E-state index in [2.05, 4.69) is 0 Å². The molecule has 0 amide bonds. The molecule has 1 aliphatic carbocycles. The molecule has 0 aromatic heterocycles. The van der Waals surface area contributed by atoms with Crippen LogP contribution in [0.3, 0.4) is 0 Å². The fourth-order valence-electron chi connectivity index (χ4n) is 1.43. The van der Waals surface area contributed by atoms with Gasteiger partial charge in [-0.15, -0.1) is 0 Å². The minimum Gasteiger partial charge on any atom is -0.375 e. The zero-order valence-electron chi connectivity index (χ0n) is 6.10. The maximum atomic E-state index is 9.32. The Morgan fingerprint density at radius 1 is 0.667 bits per heavy atom. The predicted octanol–water partition coefficient (Wildman–Crippen LogP) is 0.952. The minimum atomic E-state index is -1.74. The average Bonchev–Trinajstić information content (AvgIpc) is 1.44. The van der Waals surface area contributed by atoms with E-state index in [0.29, 0.717) is 0 Å². The Morgan fingerprint density at radius 2 is 0.833 bits per heavy atom. The standard InChI is InChI=1S/C6H9Cl3O3/c7-4(10)1-5(8,11)3-6(9,12)2-4/h10-12H,1-3H2. The summed E-state index contributed by atoms with van der Waals surface area (Å²) in [5, 5.41) is 22.7. The summed E-state index contributed by atoms with van der Waals surface area (Å²) in [7, 11) is 0. The van der Waals surface area contributed by atoms with Crippen molar-refractivity contribution in [3.05, 3.63) is 0 Å². The second-order valence-corrected chi connectivity index (χ2v) is 5.40. The van der Waals surface area contributed by atoms with Gasteiger partial charge >= 0.3 is 0 Å². The molecule has 0 aromatic rings. The Hall–Kier alpha value is 0.750. The van der Waals surface area contributed by atoms with Crippen molar-refractivity contribution in [3.8, 4) is 0 Å². The molecule has 0 radical (unpaired) electrons. The average molecular weight is 235 g/mol. The zero-order valence-corrected chi connectivity index (χ0v) is 8.36. The number of aliphatic hydroxyl groups is 3. The highest BCUT2D eigenvalue weighted by molar-refractivity contribution is 6.29. The lowest BCUT2D eigenvalue weighted by Crippen LogP contribution is -2.49. The van der Waals surface area contributed by atoms with Gasteiger partial charge in [0.05, 0.1) is 0 Å². The molecular formula is C6H9Cl3O3. The van der Waals surface area contributed by atoms with E-state index >= 15 is 0 Å². The van der Waals surface area contributed by atoms with E-state index in [1.807, 2.05) is 0 Å². The fourth-order valence-corrected chi connectivity index (χ4v) is 2.96. The molecule has 3 nitrogen and oxygen atoms in total. The van der Waals surface area contributed by atoms with Crippen LogP contribution in [0, 0.1) is 0 Å². The van der Waals surface area contributed by atoms with Crippen LogP contribution in [-0.2, 0) is 0 Å². The van der Waals surface area contributed by atoms with E-state index in [4.69, 9.17) is 34.8 Å². The van der Waals surface area contributed by atoms with E-state index in [0.717, 1.165) is 0 Å². The van der Waals surface area contributed by atoms with Gasteiger partial charge in [-0.25, -0.2) is 0 Å². The van der Waals surface area contributed by atoms with Crippen LogP contribution in [-0.4, -0.2) is 30.5 Å². The molecule has 0 aromatic carbocycles. The quantitative estimate of drug-likeness (QED) is 0.548. The van der Waals surface area contributed by atoms with Crippen molar-refractivity contribution in [1.29, 1.82) is 0 Å². The number of hydrogen-bond acceptors (Lipinski definition) is 3. The first-order valence-corrected chi connectivity index (χ1v) is 4.49. The van der Waals surface area contributed by atoms with Gasteiger partial charge in [0.15, 0.2) is 0 Å². The Labute approximate surface area is 84.9 Å². The van der Waals surface area contributed by atoms with Gasteiger partial charge < -0.3 is 15.3 Å². The van der Waals surface area contributed by atoms with E-state index in [9.17, 15) is 15.3 Å². The third-order valence-corrected chi connectivity index (χ3v) is 2.43. The Morgan fingerprint density at radius 3 is 1.00 bits per heavy atom. The molecule has 6 heteroatoms. The maximum absolute atomic E-state index is 9.32. The molecule has 0 atom stereocenters. The van der Waals surface area contributed by atoms with Crippen LogP contribution >= 0.6 is 34.8 Å². The van der Waals surface area contributed by atoms with Crippen LogP contribution in [0.2, 0.25) is 0 Å². The van der Waals surface area contributed by atoms with Crippen LogP contribution in [0.4, 0.5) is 0 Å². The number of rotatable bonds is 0. The number of alkyl halides is 3. The lowest BCUT2D eigenvalue weighted by atomic mass is 9.91. The van der Waals surface area contributed by atoms with Crippen LogP contribution in [0.1, 0.15) is 19.3 Å². The molecule has 72 valence electrons. The molecule has 12 heavy (non-hydrogen) atoms. The van der Waals surface area contributed by atoms with Crippen LogP contribution in [0.25, 0.3) is 0 Å². The molecule has 1 saturated carbocycles. The molecule has 0 saturated heterocycles. The zero-order chi connectivity index (χ0) is 9.62. The Bertz CT molecular complexity index is 145. The Kier molecular flexibility index (Phi) is 2.59. The van der Waals surface area contributed by atoms with Gasteiger partial charge in [0, 0.05) is 19.3 Å². The number of halogens is 3. The van der Waals surface area contributed by atoms with E-state index in [1.54, 1.807) is 0 Å². The van der Waals surface area contributed by atoms with Crippen molar-refractivity contribution < 1.29 is 15.3 Å². The number of hydrogen-bond donors (Lipinski definition) is 3. The fraction of sp³-hybridized carbons (Fsp3) is 1.00. The van der Waals surface area contributed by atoms with Crippen molar-refractivity contribution in [1.82, 2.24) is 0 Å². The van der Waals surface area contributed by atoms with E-state index in [-0.39, 0.29) is 19.3 Å². The maximum Gasteiger partial charge on any atom is 0.146 e. The molecule has 0 aliphatic heterocycles. The first-order valence-electron chi connectivity index (χ1n) is 3.36. The lowest BCUT2D eigenvalue weighted by Gasteiger charge is -2.41. The third-order valence-electron chi connectivity index (χ3n) is 1.63. The van der Waals surface area contributed by atoms with Crippen LogP contribution in [0.15, 0.2) is 0 Å². The molecule has 0 spiro atoms. The lowest BCUT2D eigenvalue weighted by molar-refractivity contribution is -0.0823. The summed E-state index contributed by atoms with van der Waals surface area (Å²) >= 11 is 16.5. The first kappa shape index (κ1) is 10.8.